The molecule has 0 heterocycles. The van der Waals surface area contributed by atoms with Gasteiger partial charge in [0.15, 0.2) is 0 Å². The molecule has 0 atom stereocenters. The zero-order chi connectivity index (χ0) is 21.6. The molecule has 0 N–H and O–H groups in total. The maximum absolute atomic E-state index is 7.50. The van der Waals surface area contributed by atoms with Crippen molar-refractivity contribution in [2.24, 2.45) is 0 Å². The van der Waals surface area contributed by atoms with E-state index in [4.69, 9.17) is 28.0 Å². The van der Waals surface area contributed by atoms with E-state index in [2.05, 4.69) is 79.5 Å². The summed E-state index contributed by atoms with van der Waals surface area (Å²) in [4.78, 5) is 0. The Balaban J connectivity index is -0.0000000687. The summed E-state index contributed by atoms with van der Waals surface area (Å²) < 4.78 is 44.7. The van der Waals surface area contributed by atoms with Gasteiger partial charge in [0.2, 0.25) is 0 Å². The third-order valence-corrected chi connectivity index (χ3v) is 14.3. The minimum absolute atomic E-state index is 0.810. The van der Waals surface area contributed by atoms with Gasteiger partial charge in [-0.05, 0) is 0 Å². The molecule has 0 aliphatic heterocycles. The summed E-state index contributed by atoms with van der Waals surface area (Å²) in [5, 5.41) is 0.810. The van der Waals surface area contributed by atoms with Crippen LogP contribution in [-0.2, 0) is 47.4 Å². The van der Waals surface area contributed by atoms with Crippen LogP contribution >= 0.6 is 0 Å². The topological polar surface area (TPSA) is 109 Å². The van der Waals surface area contributed by atoms with Crippen LogP contribution in [0.3, 0.4) is 0 Å². The van der Waals surface area contributed by atoms with E-state index in [1.54, 1.807) is 0 Å². The zero-order valence-corrected chi connectivity index (χ0v) is 20.1. The molecule has 0 radical (unpaired) electrons. The summed E-state index contributed by atoms with van der Waals surface area (Å²) in [6, 6.07) is 0. The van der Waals surface area contributed by atoms with Gasteiger partial charge in [0.05, 0.1) is 0 Å². The number of hydrogen-bond donors (Lipinski definition) is 0. The van der Waals surface area contributed by atoms with E-state index in [1.807, 2.05) is 0 Å². The van der Waals surface area contributed by atoms with Crippen LogP contribution < -0.4 is 0 Å². The van der Waals surface area contributed by atoms with Crippen LogP contribution in [-0.4, -0.2) is 26.8 Å². The number of rotatable bonds is 5. The third kappa shape index (κ3) is 26.5. The SMILES string of the molecule is CCO[C](=[W])C([Si](C)(C)C)[Si](C)(C)C.[C-]#[O+].[C-]#[O+].[C-]#[O+].[C-]#[O+].[C-]#[O+]. The fourth-order valence-electron chi connectivity index (χ4n) is 2.23. The Morgan fingerprint density at radius 1 is 0.750 bits per heavy atom. The van der Waals surface area contributed by atoms with Crippen LogP contribution in [0.5, 0.6) is 0 Å². The van der Waals surface area contributed by atoms with Crippen molar-refractivity contribution in [3.63, 3.8) is 0 Å². The molecule has 0 saturated carbocycles. The Hall–Kier alpha value is -0.348. The van der Waals surface area contributed by atoms with E-state index >= 15 is 0 Å². The molecule has 6 nitrogen and oxygen atoms in total. The Bertz CT molecular complexity index is 337. The summed E-state index contributed by atoms with van der Waals surface area (Å²) >= 11 is 1.54. The fourth-order valence-corrected chi connectivity index (χ4v) is 22.2. The zero-order valence-electron chi connectivity index (χ0n) is 15.1. The van der Waals surface area contributed by atoms with E-state index in [0.29, 0.717) is 0 Å². The van der Waals surface area contributed by atoms with Crippen LogP contribution in [0.4, 0.5) is 0 Å². The molecule has 0 unspecified atom stereocenters. The van der Waals surface area contributed by atoms with Crippen molar-refractivity contribution in [2.45, 2.75) is 51.4 Å². The van der Waals surface area contributed by atoms with E-state index in [1.165, 1.54) is 23.4 Å². The third-order valence-electron chi connectivity index (χ3n) is 2.25. The summed E-state index contributed by atoms with van der Waals surface area (Å²) in [6.45, 7) is 40.2. The van der Waals surface area contributed by atoms with Gasteiger partial charge < -0.3 is 0 Å². The first kappa shape index (κ1) is 38.9. The molecule has 0 saturated heterocycles. The molecule has 0 rings (SSSR count). The molecule has 0 aliphatic rings. The normalized spacial score (nSPS) is 8.25. The first-order chi connectivity index (χ1) is 11.1. The van der Waals surface area contributed by atoms with Crippen molar-refractivity contribution < 1.29 is 47.4 Å². The van der Waals surface area contributed by atoms with Crippen LogP contribution in [0.15, 0.2) is 0 Å². The van der Waals surface area contributed by atoms with Gasteiger partial charge in [-0.25, -0.2) is 0 Å². The molecule has 0 aromatic heterocycles. The van der Waals surface area contributed by atoms with E-state index in [9.17, 15) is 0 Å². The van der Waals surface area contributed by atoms with Gasteiger partial charge in [-0.2, -0.15) is 0 Å². The molecule has 0 aliphatic carbocycles. The number of hydrogen-bond acceptors (Lipinski definition) is 1. The average molecular weight is 540 g/mol. The van der Waals surface area contributed by atoms with Gasteiger partial charge in [-0.3, -0.25) is 0 Å². The second-order valence-electron chi connectivity index (χ2n) is 5.92. The van der Waals surface area contributed by atoms with E-state index in [0.717, 1.165) is 11.8 Å². The first-order valence-corrected chi connectivity index (χ1v) is 14.9. The quantitative estimate of drug-likeness (QED) is 0.298. The van der Waals surface area contributed by atoms with Gasteiger partial charge in [0, 0.05) is 0 Å². The van der Waals surface area contributed by atoms with Crippen molar-refractivity contribution in [3.05, 3.63) is 33.3 Å². The van der Waals surface area contributed by atoms with Gasteiger partial charge >= 0.3 is 159 Å². The average Bonchev–Trinajstić information content (AvgIpc) is 2.54. The Labute approximate surface area is 158 Å². The molecule has 24 heavy (non-hydrogen) atoms. The molecule has 9 heteroatoms. The summed E-state index contributed by atoms with van der Waals surface area (Å²) in [5.74, 6) is 0. The molecule has 0 spiro atoms. The standard InChI is InChI=1S/C10H24OSi2.5CO.W/c1-8-11-9-10(12(2,3)4)13(5,6)7;5*1-2;/h10H,8H2,1-7H3;;;;;;. The van der Waals surface area contributed by atoms with Gasteiger partial charge in [0.1, 0.15) is 0 Å². The van der Waals surface area contributed by atoms with Crippen LogP contribution in [0.25, 0.3) is 0 Å². The minimum atomic E-state index is -1.10. The molecular formula is C15H24O6Si2W. The molecule has 0 fully saturated rings. The summed E-state index contributed by atoms with van der Waals surface area (Å²) in [5.41, 5.74) is 0. The second kappa shape index (κ2) is 27.5. The number of ether oxygens (including phenoxy) is 1. The van der Waals surface area contributed by atoms with Crippen molar-refractivity contribution in [3.8, 4) is 0 Å². The van der Waals surface area contributed by atoms with E-state index < -0.39 is 16.1 Å². The second-order valence-corrected chi connectivity index (χ2v) is 18.6. The molecule has 0 bridgehead atoms. The predicted octanol–water partition coefficient (Wildman–Crippen LogP) is 3.10. The van der Waals surface area contributed by atoms with Crippen molar-refractivity contribution in [2.75, 3.05) is 6.61 Å². The fraction of sp³-hybridized carbons (Fsp3) is 0.600. The van der Waals surface area contributed by atoms with Crippen molar-refractivity contribution >= 4 is 20.2 Å². The molecular weight excluding hydrogens is 516 g/mol. The Morgan fingerprint density at radius 3 is 1.08 bits per heavy atom. The monoisotopic (exact) mass is 540 g/mol. The predicted molar refractivity (Wildman–Crippen MR) is 86.7 cm³/mol. The van der Waals surface area contributed by atoms with Crippen LogP contribution in [0.1, 0.15) is 6.92 Å². The Kier molecular flexibility index (Phi) is 44.6. The summed E-state index contributed by atoms with van der Waals surface area (Å²) in [7, 11) is -2.20. The van der Waals surface area contributed by atoms with Crippen molar-refractivity contribution in [1.82, 2.24) is 0 Å². The van der Waals surface area contributed by atoms with E-state index in [-0.39, 0.29) is 0 Å². The van der Waals surface area contributed by atoms with Gasteiger partial charge in [0.25, 0.3) is 0 Å². The maximum atomic E-state index is 7.50. The summed E-state index contributed by atoms with van der Waals surface area (Å²) in [6.07, 6.45) is 0. The van der Waals surface area contributed by atoms with Gasteiger partial charge in [-0.15, -0.1) is 0 Å². The van der Waals surface area contributed by atoms with Gasteiger partial charge in [-0.1, -0.05) is 0 Å². The first-order valence-electron chi connectivity index (χ1n) is 6.29. The molecule has 134 valence electrons. The van der Waals surface area contributed by atoms with Crippen LogP contribution in [0, 0.1) is 33.3 Å². The molecule has 0 aromatic carbocycles. The Morgan fingerprint density at radius 2 is 0.958 bits per heavy atom. The molecule has 0 amide bonds. The van der Waals surface area contributed by atoms with Crippen molar-refractivity contribution in [1.29, 1.82) is 0 Å². The molecule has 0 aromatic rings. The van der Waals surface area contributed by atoms with Crippen LogP contribution in [0.2, 0.25) is 44.4 Å².